The molecule has 3 N–H and O–H groups in total. The highest BCUT2D eigenvalue weighted by molar-refractivity contribution is 7.89. The molecule has 0 saturated carbocycles. The van der Waals surface area contributed by atoms with Gasteiger partial charge in [0.2, 0.25) is 10.0 Å². The van der Waals surface area contributed by atoms with Crippen LogP contribution in [-0.2, 0) is 10.0 Å². The van der Waals surface area contributed by atoms with Crippen LogP contribution in [-0.4, -0.2) is 32.9 Å². The summed E-state index contributed by atoms with van der Waals surface area (Å²) in [5.74, 6) is -0.531. The van der Waals surface area contributed by atoms with Gasteiger partial charge in [-0.05, 0) is 13.3 Å². The Bertz CT molecular complexity index is 276. The first-order valence-corrected chi connectivity index (χ1v) is 6.08. The molecule has 0 heterocycles. The molecule has 0 radical (unpaired) electrons. The van der Waals surface area contributed by atoms with Crippen molar-refractivity contribution < 1.29 is 21.6 Å². The molecule has 0 aliphatic carbocycles. The molecular formula is C7H15F3N2O2S. The van der Waals surface area contributed by atoms with E-state index < -0.39 is 40.8 Å². The SMILES string of the molecule is CC(CN)NS(=O)(=O)CCCC(F)(F)F. The van der Waals surface area contributed by atoms with E-state index >= 15 is 0 Å². The molecule has 92 valence electrons. The van der Waals surface area contributed by atoms with E-state index in [1.165, 1.54) is 0 Å². The van der Waals surface area contributed by atoms with E-state index in [2.05, 4.69) is 4.72 Å². The number of hydrogen-bond acceptors (Lipinski definition) is 3. The molecule has 0 saturated heterocycles. The maximum atomic E-state index is 11.7. The van der Waals surface area contributed by atoms with Gasteiger partial charge in [0, 0.05) is 19.0 Å². The second-order valence-corrected chi connectivity index (χ2v) is 5.17. The van der Waals surface area contributed by atoms with Crippen LogP contribution in [0, 0.1) is 0 Å². The highest BCUT2D eigenvalue weighted by atomic mass is 32.2. The Morgan fingerprint density at radius 2 is 1.93 bits per heavy atom. The largest absolute Gasteiger partial charge is 0.389 e. The molecule has 0 amide bonds. The Hall–Kier alpha value is -0.340. The van der Waals surface area contributed by atoms with E-state index in [9.17, 15) is 21.6 Å². The smallest absolute Gasteiger partial charge is 0.329 e. The fourth-order valence-electron chi connectivity index (χ4n) is 0.876. The van der Waals surface area contributed by atoms with Crippen LogP contribution in [0.15, 0.2) is 0 Å². The van der Waals surface area contributed by atoms with Crippen LogP contribution in [0.3, 0.4) is 0 Å². The molecule has 0 aromatic heterocycles. The van der Waals surface area contributed by atoms with Crippen LogP contribution < -0.4 is 10.5 Å². The van der Waals surface area contributed by atoms with Gasteiger partial charge in [0.05, 0.1) is 5.75 Å². The fraction of sp³-hybridized carbons (Fsp3) is 1.00. The summed E-state index contributed by atoms with van der Waals surface area (Å²) in [7, 11) is -3.65. The topological polar surface area (TPSA) is 72.2 Å². The van der Waals surface area contributed by atoms with Crippen molar-refractivity contribution in [3.8, 4) is 0 Å². The molecule has 0 aliphatic rings. The molecule has 0 spiro atoms. The van der Waals surface area contributed by atoms with Crippen molar-refractivity contribution in [3.05, 3.63) is 0 Å². The first kappa shape index (κ1) is 14.7. The Morgan fingerprint density at radius 1 is 1.40 bits per heavy atom. The summed E-state index contributed by atoms with van der Waals surface area (Å²) in [5, 5.41) is 0. The van der Waals surface area contributed by atoms with Crippen LogP contribution >= 0.6 is 0 Å². The normalized spacial score (nSPS) is 15.3. The lowest BCUT2D eigenvalue weighted by atomic mass is 10.3. The summed E-state index contributed by atoms with van der Waals surface area (Å²) in [6.45, 7) is 1.65. The third-order valence-electron chi connectivity index (χ3n) is 1.61. The van der Waals surface area contributed by atoms with Gasteiger partial charge in [0.15, 0.2) is 0 Å². The second kappa shape index (κ2) is 5.66. The molecule has 15 heavy (non-hydrogen) atoms. The molecule has 8 heteroatoms. The predicted molar refractivity (Wildman–Crippen MR) is 50.7 cm³/mol. The highest BCUT2D eigenvalue weighted by Gasteiger charge is 2.27. The summed E-state index contributed by atoms with van der Waals surface area (Å²) < 4.78 is 59.6. The summed E-state index contributed by atoms with van der Waals surface area (Å²) in [6, 6.07) is -0.458. The van der Waals surface area contributed by atoms with Gasteiger partial charge in [0.1, 0.15) is 0 Å². The molecule has 0 aliphatic heterocycles. The number of hydrogen-bond donors (Lipinski definition) is 2. The lowest BCUT2D eigenvalue weighted by Crippen LogP contribution is -2.39. The lowest BCUT2D eigenvalue weighted by molar-refractivity contribution is -0.134. The van der Waals surface area contributed by atoms with Gasteiger partial charge in [-0.25, -0.2) is 13.1 Å². The predicted octanol–water partition coefficient (Wildman–Crippen LogP) is 0.596. The molecule has 0 rings (SSSR count). The molecule has 0 fully saturated rings. The lowest BCUT2D eigenvalue weighted by Gasteiger charge is -2.12. The third kappa shape index (κ3) is 8.64. The van der Waals surface area contributed by atoms with Crippen molar-refractivity contribution in [3.63, 3.8) is 0 Å². The molecule has 0 aromatic rings. The number of sulfonamides is 1. The van der Waals surface area contributed by atoms with E-state index in [1.807, 2.05) is 0 Å². The van der Waals surface area contributed by atoms with E-state index in [-0.39, 0.29) is 6.54 Å². The summed E-state index contributed by atoms with van der Waals surface area (Å²) in [4.78, 5) is 0. The minimum atomic E-state index is -4.31. The number of nitrogens with two attached hydrogens (primary N) is 1. The average molecular weight is 248 g/mol. The van der Waals surface area contributed by atoms with Gasteiger partial charge in [-0.15, -0.1) is 0 Å². The molecule has 0 bridgehead atoms. The molecule has 1 atom stereocenters. The van der Waals surface area contributed by atoms with Gasteiger partial charge in [-0.1, -0.05) is 0 Å². The zero-order chi connectivity index (χ0) is 12.1. The minimum Gasteiger partial charge on any atom is -0.329 e. The maximum Gasteiger partial charge on any atom is 0.389 e. The van der Waals surface area contributed by atoms with Crippen molar-refractivity contribution in [1.29, 1.82) is 0 Å². The molecular weight excluding hydrogens is 233 g/mol. The Balaban J connectivity index is 3.96. The Labute approximate surface area is 87.1 Å². The van der Waals surface area contributed by atoms with E-state index in [1.54, 1.807) is 6.92 Å². The minimum absolute atomic E-state index is 0.110. The number of nitrogens with one attached hydrogen (secondary N) is 1. The summed E-state index contributed by atoms with van der Waals surface area (Å²) >= 11 is 0. The monoisotopic (exact) mass is 248 g/mol. The van der Waals surface area contributed by atoms with Gasteiger partial charge in [-0.3, -0.25) is 0 Å². The molecule has 1 unspecified atom stereocenters. The zero-order valence-electron chi connectivity index (χ0n) is 8.34. The fourth-order valence-corrected chi connectivity index (χ4v) is 2.23. The second-order valence-electron chi connectivity index (χ2n) is 3.29. The highest BCUT2D eigenvalue weighted by Crippen LogP contribution is 2.21. The van der Waals surface area contributed by atoms with Gasteiger partial charge < -0.3 is 5.73 Å². The maximum absolute atomic E-state index is 11.7. The Morgan fingerprint density at radius 3 is 2.33 bits per heavy atom. The van der Waals surface area contributed by atoms with Crippen molar-refractivity contribution in [2.75, 3.05) is 12.3 Å². The van der Waals surface area contributed by atoms with Crippen molar-refractivity contribution in [1.82, 2.24) is 4.72 Å². The van der Waals surface area contributed by atoms with Crippen molar-refractivity contribution in [2.24, 2.45) is 5.73 Å². The zero-order valence-corrected chi connectivity index (χ0v) is 9.16. The van der Waals surface area contributed by atoms with Crippen LogP contribution in [0.5, 0.6) is 0 Å². The number of halogens is 3. The summed E-state index contributed by atoms with van der Waals surface area (Å²) in [5.41, 5.74) is 5.17. The summed E-state index contributed by atoms with van der Waals surface area (Å²) in [6.07, 6.45) is -5.84. The average Bonchev–Trinajstić information content (AvgIpc) is 2.00. The van der Waals surface area contributed by atoms with Crippen LogP contribution in [0.1, 0.15) is 19.8 Å². The van der Waals surface area contributed by atoms with Crippen LogP contribution in [0.4, 0.5) is 13.2 Å². The molecule has 4 nitrogen and oxygen atoms in total. The number of alkyl halides is 3. The van der Waals surface area contributed by atoms with E-state index in [0.717, 1.165) is 0 Å². The van der Waals surface area contributed by atoms with E-state index in [0.29, 0.717) is 0 Å². The molecule has 0 aromatic carbocycles. The quantitative estimate of drug-likeness (QED) is 0.723. The van der Waals surface area contributed by atoms with E-state index in [4.69, 9.17) is 5.73 Å². The van der Waals surface area contributed by atoms with Gasteiger partial charge in [-0.2, -0.15) is 13.2 Å². The Kier molecular flexibility index (Phi) is 5.54. The number of rotatable bonds is 6. The first-order valence-electron chi connectivity index (χ1n) is 4.43. The third-order valence-corrected chi connectivity index (χ3v) is 3.20. The standard InChI is InChI=1S/C7H15F3N2O2S/c1-6(5-11)12-15(13,14)4-2-3-7(8,9)10/h6,12H,2-5,11H2,1H3. The van der Waals surface area contributed by atoms with Crippen LogP contribution in [0.2, 0.25) is 0 Å². The van der Waals surface area contributed by atoms with Crippen molar-refractivity contribution >= 4 is 10.0 Å². The van der Waals surface area contributed by atoms with Crippen molar-refractivity contribution in [2.45, 2.75) is 32.0 Å². The first-order chi connectivity index (χ1) is 6.66. The van der Waals surface area contributed by atoms with Gasteiger partial charge >= 0.3 is 6.18 Å². The van der Waals surface area contributed by atoms with Crippen LogP contribution in [0.25, 0.3) is 0 Å². The van der Waals surface area contributed by atoms with Gasteiger partial charge in [0.25, 0.3) is 0 Å².